The number of nitrogens with one attached hydrogen (secondary N) is 1. The topological polar surface area (TPSA) is 94.2 Å². The van der Waals surface area contributed by atoms with Crippen LogP contribution in [0.4, 0.5) is 5.69 Å². The number of allylic oxidation sites excluding steroid dienone is 1. The molecule has 8 heteroatoms. The Hall–Kier alpha value is -3.34. The predicted octanol–water partition coefficient (Wildman–Crippen LogP) is 3.59. The van der Waals surface area contributed by atoms with E-state index in [0.29, 0.717) is 16.5 Å². The van der Waals surface area contributed by atoms with E-state index in [1.807, 2.05) is 30.3 Å². The van der Waals surface area contributed by atoms with Gasteiger partial charge in [-0.15, -0.1) is 0 Å². The molecule has 1 heterocycles. The molecule has 3 rings (SSSR count). The van der Waals surface area contributed by atoms with Crippen molar-refractivity contribution in [3.8, 4) is 6.07 Å². The van der Waals surface area contributed by atoms with Gasteiger partial charge in [0.15, 0.2) is 5.82 Å². The number of benzene rings is 2. The number of nitrogens with zero attached hydrogens (tertiary/aromatic N) is 4. The van der Waals surface area contributed by atoms with Crippen LogP contribution < -0.4 is 5.32 Å². The molecule has 3 aromatic rings. The number of fused-ring (bicyclic) bond motifs is 1. The summed E-state index contributed by atoms with van der Waals surface area (Å²) in [6.45, 7) is 0.0636. The molecular formula is C21H20ClN5O2. The fourth-order valence-electron chi connectivity index (χ4n) is 2.98. The summed E-state index contributed by atoms with van der Waals surface area (Å²) in [7, 11) is 3.47. The van der Waals surface area contributed by atoms with Crippen LogP contribution in [0.5, 0.6) is 0 Å². The number of halogens is 1. The molecule has 1 amide bonds. The van der Waals surface area contributed by atoms with E-state index < -0.39 is 0 Å². The molecular weight excluding hydrogens is 390 g/mol. The van der Waals surface area contributed by atoms with Crippen LogP contribution in [0.15, 0.2) is 54.3 Å². The summed E-state index contributed by atoms with van der Waals surface area (Å²) in [6, 6.07) is 16.3. The second-order valence-electron chi connectivity index (χ2n) is 6.64. The summed E-state index contributed by atoms with van der Waals surface area (Å²) < 4.78 is 1.76. The van der Waals surface area contributed by atoms with Crippen molar-refractivity contribution >= 4 is 39.8 Å². The Balaban J connectivity index is 1.72. The molecule has 0 spiro atoms. The van der Waals surface area contributed by atoms with E-state index in [4.69, 9.17) is 11.6 Å². The summed E-state index contributed by atoms with van der Waals surface area (Å²) in [6.07, 6.45) is 0. The van der Waals surface area contributed by atoms with E-state index in [-0.39, 0.29) is 30.3 Å². The zero-order chi connectivity index (χ0) is 21.0. The highest BCUT2D eigenvalue weighted by atomic mass is 35.5. The molecule has 0 aliphatic carbocycles. The molecule has 29 heavy (non-hydrogen) atoms. The van der Waals surface area contributed by atoms with Crippen LogP contribution in [0.1, 0.15) is 5.82 Å². The lowest BCUT2D eigenvalue weighted by Crippen LogP contribution is -2.31. The van der Waals surface area contributed by atoms with Crippen molar-refractivity contribution in [3.05, 3.63) is 65.1 Å². The molecule has 0 radical (unpaired) electrons. The Morgan fingerprint density at radius 2 is 1.93 bits per heavy atom. The van der Waals surface area contributed by atoms with E-state index in [1.165, 1.54) is 0 Å². The van der Waals surface area contributed by atoms with Gasteiger partial charge in [0.2, 0.25) is 5.91 Å². The van der Waals surface area contributed by atoms with Gasteiger partial charge in [0.1, 0.15) is 17.4 Å². The Kier molecular flexibility index (Phi) is 6.17. The summed E-state index contributed by atoms with van der Waals surface area (Å²) in [5, 5.41) is 23.5. The molecule has 148 valence electrons. The fraction of sp³-hybridized carbons (Fsp3) is 0.190. The Bertz CT molecular complexity index is 1110. The maximum Gasteiger partial charge on any atom is 0.238 e. The molecule has 0 unspecified atom stereocenters. The van der Waals surface area contributed by atoms with Gasteiger partial charge in [-0.3, -0.25) is 9.69 Å². The molecule has 0 saturated carbocycles. The monoisotopic (exact) mass is 409 g/mol. The highest BCUT2D eigenvalue weighted by Gasteiger charge is 2.18. The van der Waals surface area contributed by atoms with Crippen molar-refractivity contribution < 1.29 is 9.90 Å². The molecule has 0 aliphatic rings. The van der Waals surface area contributed by atoms with Gasteiger partial charge in [0.05, 0.1) is 24.1 Å². The number of aliphatic hydroxyl groups is 1. The quantitative estimate of drug-likeness (QED) is 0.479. The number of amides is 1. The van der Waals surface area contributed by atoms with Crippen molar-refractivity contribution in [2.24, 2.45) is 7.05 Å². The first-order valence-corrected chi connectivity index (χ1v) is 9.25. The highest BCUT2D eigenvalue weighted by Crippen LogP contribution is 2.22. The lowest BCUT2D eigenvalue weighted by molar-refractivity contribution is -0.117. The van der Waals surface area contributed by atoms with E-state index in [0.717, 1.165) is 11.0 Å². The fourth-order valence-corrected chi connectivity index (χ4v) is 3.11. The van der Waals surface area contributed by atoms with E-state index >= 15 is 0 Å². The van der Waals surface area contributed by atoms with Crippen molar-refractivity contribution in [2.45, 2.75) is 0 Å². The summed E-state index contributed by atoms with van der Waals surface area (Å²) in [5.41, 5.74) is 2.30. The van der Waals surface area contributed by atoms with Crippen LogP contribution in [0.25, 0.3) is 16.6 Å². The molecule has 0 aliphatic heterocycles. The molecule has 0 saturated heterocycles. The normalized spacial score (nSPS) is 12.0. The van der Waals surface area contributed by atoms with Gasteiger partial charge < -0.3 is 15.0 Å². The van der Waals surface area contributed by atoms with Crippen LogP contribution in [0.3, 0.4) is 0 Å². The van der Waals surface area contributed by atoms with Crippen LogP contribution in [0, 0.1) is 11.3 Å². The van der Waals surface area contributed by atoms with Gasteiger partial charge in [0, 0.05) is 17.8 Å². The number of hydrogen-bond donors (Lipinski definition) is 2. The largest absolute Gasteiger partial charge is 0.509 e. The number of nitriles is 1. The van der Waals surface area contributed by atoms with E-state index in [9.17, 15) is 15.2 Å². The first-order valence-electron chi connectivity index (χ1n) is 8.87. The van der Waals surface area contributed by atoms with Crippen molar-refractivity contribution in [2.75, 3.05) is 25.5 Å². The van der Waals surface area contributed by atoms with Gasteiger partial charge in [-0.1, -0.05) is 23.7 Å². The number of aryl methyl sites for hydroxylation is 1. The molecule has 0 atom stereocenters. The standard InChI is InChI=1S/C21H20ClN5O2/c1-26(13-20(29)24-15-9-7-14(22)8-10-15)12-19(28)16(11-23)21-25-17-5-3-4-6-18(17)27(21)2/h3-10,28H,12-13H2,1-2H3,(H,24,29)/b19-16-. The molecule has 0 bridgehead atoms. The zero-order valence-electron chi connectivity index (χ0n) is 16.1. The number of carbonyl (C=O) groups excluding carboxylic acids is 1. The number of rotatable bonds is 6. The van der Waals surface area contributed by atoms with Crippen molar-refractivity contribution in [1.82, 2.24) is 14.5 Å². The smallest absolute Gasteiger partial charge is 0.238 e. The number of para-hydroxylation sites is 2. The molecule has 7 nitrogen and oxygen atoms in total. The third kappa shape index (κ3) is 4.74. The third-order valence-corrected chi connectivity index (χ3v) is 4.62. The Labute approximate surface area is 173 Å². The maximum absolute atomic E-state index is 12.2. The van der Waals surface area contributed by atoms with Gasteiger partial charge in [0.25, 0.3) is 0 Å². The lowest BCUT2D eigenvalue weighted by atomic mass is 10.2. The first kappa shape index (κ1) is 20.4. The maximum atomic E-state index is 12.2. The van der Waals surface area contributed by atoms with Crippen LogP contribution in [-0.4, -0.2) is 45.6 Å². The second kappa shape index (κ2) is 8.78. The average molecular weight is 410 g/mol. The zero-order valence-corrected chi connectivity index (χ0v) is 16.8. The van der Waals surface area contributed by atoms with Crippen LogP contribution in [-0.2, 0) is 11.8 Å². The molecule has 2 N–H and O–H groups in total. The van der Waals surface area contributed by atoms with E-state index in [2.05, 4.69) is 10.3 Å². The number of imidazole rings is 1. The SMILES string of the molecule is CN(CC(=O)Nc1ccc(Cl)cc1)C/C(O)=C(\C#N)c1nc2ccccc2n1C. The van der Waals surface area contributed by atoms with Crippen molar-refractivity contribution in [3.63, 3.8) is 0 Å². The Morgan fingerprint density at radius 3 is 2.59 bits per heavy atom. The predicted molar refractivity (Wildman–Crippen MR) is 113 cm³/mol. The number of likely N-dealkylation sites (N-methyl/N-ethyl adjacent to an activating group) is 1. The molecule has 1 aromatic heterocycles. The molecule has 0 fully saturated rings. The minimum Gasteiger partial charge on any atom is -0.509 e. The van der Waals surface area contributed by atoms with Gasteiger partial charge in [-0.25, -0.2) is 4.98 Å². The second-order valence-corrected chi connectivity index (χ2v) is 7.08. The lowest BCUT2D eigenvalue weighted by Gasteiger charge is -2.16. The number of anilines is 1. The minimum atomic E-state index is -0.246. The minimum absolute atomic E-state index is 0.0279. The number of aromatic nitrogens is 2. The number of hydrogen-bond acceptors (Lipinski definition) is 5. The van der Waals surface area contributed by atoms with Crippen molar-refractivity contribution in [1.29, 1.82) is 5.26 Å². The van der Waals surface area contributed by atoms with Gasteiger partial charge in [-0.2, -0.15) is 5.26 Å². The molecule has 2 aromatic carbocycles. The highest BCUT2D eigenvalue weighted by molar-refractivity contribution is 6.30. The van der Waals surface area contributed by atoms with Gasteiger partial charge >= 0.3 is 0 Å². The Morgan fingerprint density at radius 1 is 1.24 bits per heavy atom. The number of aliphatic hydroxyl groups excluding tert-OH is 1. The summed E-state index contributed by atoms with van der Waals surface area (Å²) in [4.78, 5) is 18.3. The summed E-state index contributed by atoms with van der Waals surface area (Å²) in [5.74, 6) is -0.0122. The van der Waals surface area contributed by atoms with Gasteiger partial charge in [-0.05, 0) is 43.4 Å². The van der Waals surface area contributed by atoms with E-state index in [1.54, 1.807) is 47.8 Å². The summed E-state index contributed by atoms with van der Waals surface area (Å²) >= 11 is 5.83. The third-order valence-electron chi connectivity index (χ3n) is 4.37. The van der Waals surface area contributed by atoms with Crippen LogP contribution >= 0.6 is 11.6 Å². The van der Waals surface area contributed by atoms with Crippen LogP contribution in [0.2, 0.25) is 5.02 Å². The first-order chi connectivity index (χ1) is 13.9. The average Bonchev–Trinajstić information content (AvgIpc) is 3.01. The number of carbonyl (C=O) groups is 1.